The molecule has 1 rings (SSSR count). The molecule has 0 aliphatic carbocycles. The Morgan fingerprint density at radius 3 is 2.47 bits per heavy atom. The van der Waals surface area contributed by atoms with Crippen molar-refractivity contribution in [3.8, 4) is 0 Å². The second-order valence-electron chi connectivity index (χ2n) is 4.49. The zero-order valence-electron chi connectivity index (χ0n) is 10.6. The van der Waals surface area contributed by atoms with Crippen LogP contribution in [0.2, 0.25) is 0 Å². The molecule has 0 radical (unpaired) electrons. The number of carbonyl (C=O) groups excluding carboxylic acids is 1. The van der Waals surface area contributed by atoms with Crippen LogP contribution in [0, 0.1) is 5.82 Å². The van der Waals surface area contributed by atoms with Crippen molar-refractivity contribution in [1.29, 1.82) is 0 Å². The van der Waals surface area contributed by atoms with E-state index in [2.05, 4.69) is 4.90 Å². The Labute approximate surface area is 102 Å². The van der Waals surface area contributed by atoms with E-state index in [1.807, 2.05) is 19.2 Å². The van der Waals surface area contributed by atoms with E-state index in [0.29, 0.717) is 6.42 Å². The number of carbonyl (C=O) groups is 1. The molecule has 1 aromatic rings. The van der Waals surface area contributed by atoms with Crippen molar-refractivity contribution in [2.45, 2.75) is 26.2 Å². The van der Waals surface area contributed by atoms with E-state index in [1.165, 1.54) is 12.1 Å². The molecule has 0 saturated carbocycles. The Bertz CT molecular complexity index is 348. The second kappa shape index (κ2) is 7.17. The average molecular weight is 237 g/mol. The van der Waals surface area contributed by atoms with Gasteiger partial charge in [0.25, 0.3) is 0 Å². The molecule has 0 unspecified atom stereocenters. The summed E-state index contributed by atoms with van der Waals surface area (Å²) in [5.74, 6) is 0.0560. The summed E-state index contributed by atoms with van der Waals surface area (Å²) < 4.78 is 12.7. The van der Waals surface area contributed by atoms with Gasteiger partial charge in [-0.3, -0.25) is 0 Å². The molecule has 1 aromatic carbocycles. The van der Waals surface area contributed by atoms with Crippen LogP contribution in [0.25, 0.3) is 0 Å². The van der Waals surface area contributed by atoms with Crippen molar-refractivity contribution in [3.63, 3.8) is 0 Å². The molecule has 0 amide bonds. The number of hydrogen-bond acceptors (Lipinski definition) is 2. The maximum atomic E-state index is 12.7. The predicted molar refractivity (Wildman–Crippen MR) is 67.5 cm³/mol. The Morgan fingerprint density at radius 2 is 1.88 bits per heavy atom. The Kier molecular flexibility index (Phi) is 5.84. The Morgan fingerprint density at radius 1 is 1.24 bits per heavy atom. The second-order valence-corrected chi connectivity index (χ2v) is 4.49. The van der Waals surface area contributed by atoms with Gasteiger partial charge in [0.1, 0.15) is 11.6 Å². The maximum Gasteiger partial charge on any atom is 0.129 e. The third-order valence-electron chi connectivity index (χ3n) is 2.76. The first-order chi connectivity index (χ1) is 8.08. The monoisotopic (exact) mass is 237 g/mol. The number of likely N-dealkylation sites (N-methyl/N-ethyl adjacent to an activating group) is 1. The van der Waals surface area contributed by atoms with Gasteiger partial charge in [0.15, 0.2) is 0 Å². The normalized spacial score (nSPS) is 10.8. The first-order valence-electron chi connectivity index (χ1n) is 6.00. The van der Waals surface area contributed by atoms with E-state index < -0.39 is 0 Å². The van der Waals surface area contributed by atoms with E-state index >= 15 is 0 Å². The fourth-order valence-electron chi connectivity index (χ4n) is 1.68. The first kappa shape index (κ1) is 13.8. The summed E-state index contributed by atoms with van der Waals surface area (Å²) in [6.07, 6.45) is 2.48. The van der Waals surface area contributed by atoms with E-state index in [1.54, 1.807) is 6.92 Å². The van der Waals surface area contributed by atoms with Crippen molar-refractivity contribution in [2.75, 3.05) is 20.1 Å². The van der Waals surface area contributed by atoms with E-state index in [0.717, 1.165) is 31.5 Å². The molecule has 94 valence electrons. The van der Waals surface area contributed by atoms with Crippen molar-refractivity contribution >= 4 is 5.78 Å². The molecule has 0 atom stereocenters. The SMILES string of the molecule is CC(=O)CCCN(C)CCc1ccc(F)cc1. The minimum absolute atomic E-state index is 0.191. The molecule has 17 heavy (non-hydrogen) atoms. The van der Waals surface area contributed by atoms with Crippen molar-refractivity contribution < 1.29 is 9.18 Å². The highest BCUT2D eigenvalue weighted by atomic mass is 19.1. The van der Waals surface area contributed by atoms with Crippen LogP contribution < -0.4 is 0 Å². The van der Waals surface area contributed by atoms with E-state index in [4.69, 9.17) is 0 Å². The molecular formula is C14H20FNO. The van der Waals surface area contributed by atoms with Gasteiger partial charge in [-0.25, -0.2) is 4.39 Å². The fraction of sp³-hybridized carbons (Fsp3) is 0.500. The van der Waals surface area contributed by atoms with Gasteiger partial charge in [-0.05, 0) is 51.1 Å². The molecule has 0 aliphatic heterocycles. The summed E-state index contributed by atoms with van der Waals surface area (Å²) in [6, 6.07) is 6.62. The lowest BCUT2D eigenvalue weighted by Gasteiger charge is -2.15. The summed E-state index contributed by atoms with van der Waals surface area (Å²) >= 11 is 0. The fourth-order valence-corrected chi connectivity index (χ4v) is 1.68. The van der Waals surface area contributed by atoms with Crippen molar-refractivity contribution in [2.24, 2.45) is 0 Å². The highest BCUT2D eigenvalue weighted by molar-refractivity contribution is 5.75. The van der Waals surface area contributed by atoms with Crippen molar-refractivity contribution in [3.05, 3.63) is 35.6 Å². The van der Waals surface area contributed by atoms with E-state index in [-0.39, 0.29) is 11.6 Å². The summed E-state index contributed by atoms with van der Waals surface area (Å²) in [4.78, 5) is 13.0. The molecule has 0 aromatic heterocycles. The minimum atomic E-state index is -0.191. The molecule has 2 nitrogen and oxygen atoms in total. The molecule has 0 fully saturated rings. The predicted octanol–water partition coefficient (Wildman–Crippen LogP) is 2.67. The molecule has 0 heterocycles. The van der Waals surface area contributed by atoms with Gasteiger partial charge in [0.2, 0.25) is 0 Å². The number of ketones is 1. The van der Waals surface area contributed by atoms with Gasteiger partial charge in [-0.2, -0.15) is 0 Å². The summed E-state index contributed by atoms with van der Waals surface area (Å²) in [5, 5.41) is 0. The molecule has 0 aliphatic rings. The number of nitrogens with zero attached hydrogens (tertiary/aromatic N) is 1. The van der Waals surface area contributed by atoms with E-state index in [9.17, 15) is 9.18 Å². The highest BCUT2D eigenvalue weighted by Gasteiger charge is 2.01. The third-order valence-corrected chi connectivity index (χ3v) is 2.76. The topological polar surface area (TPSA) is 20.3 Å². The van der Waals surface area contributed by atoms with Gasteiger partial charge >= 0.3 is 0 Å². The van der Waals surface area contributed by atoms with Crippen LogP contribution in [0.4, 0.5) is 4.39 Å². The van der Waals surface area contributed by atoms with Crippen molar-refractivity contribution in [1.82, 2.24) is 4.90 Å². The van der Waals surface area contributed by atoms with Crippen LogP contribution in [0.3, 0.4) is 0 Å². The summed E-state index contributed by atoms with van der Waals surface area (Å²) in [5.41, 5.74) is 1.14. The maximum absolute atomic E-state index is 12.7. The van der Waals surface area contributed by atoms with Gasteiger partial charge in [0.05, 0.1) is 0 Å². The lowest BCUT2D eigenvalue weighted by Crippen LogP contribution is -2.22. The number of rotatable bonds is 7. The number of halogens is 1. The van der Waals surface area contributed by atoms with Crippen LogP contribution in [-0.4, -0.2) is 30.8 Å². The summed E-state index contributed by atoms with van der Waals surface area (Å²) in [6.45, 7) is 3.49. The van der Waals surface area contributed by atoms with Gasteiger partial charge in [-0.15, -0.1) is 0 Å². The zero-order chi connectivity index (χ0) is 12.7. The van der Waals surface area contributed by atoms with Gasteiger partial charge in [0, 0.05) is 13.0 Å². The van der Waals surface area contributed by atoms with Crippen LogP contribution >= 0.6 is 0 Å². The lowest BCUT2D eigenvalue weighted by atomic mass is 10.1. The highest BCUT2D eigenvalue weighted by Crippen LogP contribution is 2.04. The quantitative estimate of drug-likeness (QED) is 0.726. The molecule has 0 spiro atoms. The largest absolute Gasteiger partial charge is 0.306 e. The van der Waals surface area contributed by atoms with Crippen LogP contribution in [0.15, 0.2) is 24.3 Å². The van der Waals surface area contributed by atoms with Crippen LogP contribution in [0.1, 0.15) is 25.3 Å². The number of benzene rings is 1. The average Bonchev–Trinajstić information content (AvgIpc) is 2.28. The standard InChI is InChI=1S/C14H20FNO/c1-12(17)4-3-10-16(2)11-9-13-5-7-14(15)8-6-13/h5-8H,3-4,9-11H2,1-2H3. The zero-order valence-corrected chi connectivity index (χ0v) is 10.6. The number of Topliss-reactive ketones (excluding diaryl/α,β-unsaturated/α-hetero) is 1. The summed E-state index contributed by atoms with van der Waals surface area (Å²) in [7, 11) is 2.05. The molecule has 3 heteroatoms. The van der Waals surface area contributed by atoms with Crippen LogP contribution in [0.5, 0.6) is 0 Å². The third kappa shape index (κ3) is 6.17. The molecule has 0 N–H and O–H groups in total. The lowest BCUT2D eigenvalue weighted by molar-refractivity contribution is -0.117. The number of hydrogen-bond donors (Lipinski definition) is 0. The molecule has 0 bridgehead atoms. The van der Waals surface area contributed by atoms with Gasteiger partial charge in [-0.1, -0.05) is 12.1 Å². The minimum Gasteiger partial charge on any atom is -0.306 e. The Balaban J connectivity index is 2.21. The Hall–Kier alpha value is -1.22. The molecule has 0 saturated heterocycles. The smallest absolute Gasteiger partial charge is 0.129 e. The van der Waals surface area contributed by atoms with Gasteiger partial charge < -0.3 is 9.69 Å². The first-order valence-corrected chi connectivity index (χ1v) is 6.00. The van der Waals surface area contributed by atoms with Crippen LogP contribution in [-0.2, 0) is 11.2 Å². The molecular weight excluding hydrogens is 217 g/mol.